The van der Waals surface area contributed by atoms with Gasteiger partial charge < -0.3 is 4.57 Å². The summed E-state index contributed by atoms with van der Waals surface area (Å²) in [5.74, 6) is 0. The minimum Gasteiger partial charge on any atom is -0.309 e. The summed E-state index contributed by atoms with van der Waals surface area (Å²) in [6.07, 6.45) is 0. The predicted molar refractivity (Wildman–Crippen MR) is 157 cm³/mol. The van der Waals surface area contributed by atoms with Gasteiger partial charge in [0.2, 0.25) is 0 Å². The van der Waals surface area contributed by atoms with Gasteiger partial charge in [-0.15, -0.1) is 11.3 Å². The Morgan fingerprint density at radius 1 is 0.444 bits per heavy atom. The highest BCUT2D eigenvalue weighted by Crippen LogP contribution is 2.45. The van der Waals surface area contributed by atoms with Gasteiger partial charge in [0, 0.05) is 31.9 Å². The Kier molecular flexibility index (Phi) is 4.16. The summed E-state index contributed by atoms with van der Waals surface area (Å²) in [6, 6.07) is 44.2. The molecule has 0 radical (unpaired) electrons. The van der Waals surface area contributed by atoms with Gasteiger partial charge in [-0.3, -0.25) is 0 Å². The van der Waals surface area contributed by atoms with Crippen LogP contribution in [0.2, 0.25) is 0 Å². The molecule has 8 rings (SSSR count). The highest BCUT2D eigenvalue weighted by molar-refractivity contribution is 7.17. The van der Waals surface area contributed by atoms with Gasteiger partial charge in [0.1, 0.15) is 0 Å². The first-order chi connectivity index (χ1) is 17.9. The van der Waals surface area contributed by atoms with Gasteiger partial charge in [0.05, 0.1) is 11.0 Å². The SMILES string of the molecule is c1ccc(-c2ccc(-n3c4ccc5sccc5c4c4c5ccccc5c5ccccc5c43)cc2)cc1. The van der Waals surface area contributed by atoms with E-state index in [9.17, 15) is 0 Å². The first-order valence-electron chi connectivity index (χ1n) is 12.3. The fourth-order valence-corrected chi connectivity index (χ4v) is 6.71. The Balaban J connectivity index is 1.57. The molecule has 2 heterocycles. The molecule has 0 fully saturated rings. The van der Waals surface area contributed by atoms with E-state index in [-0.39, 0.29) is 0 Å². The Hall–Kier alpha value is -4.40. The number of benzene rings is 6. The third kappa shape index (κ3) is 2.71. The largest absolute Gasteiger partial charge is 0.309 e. The lowest BCUT2D eigenvalue weighted by Crippen LogP contribution is -1.95. The van der Waals surface area contributed by atoms with Crippen molar-refractivity contribution in [1.82, 2.24) is 4.57 Å². The van der Waals surface area contributed by atoms with Crippen molar-refractivity contribution in [3.05, 3.63) is 127 Å². The average molecular weight is 476 g/mol. The van der Waals surface area contributed by atoms with Crippen LogP contribution in [0.5, 0.6) is 0 Å². The molecule has 6 aromatic carbocycles. The summed E-state index contributed by atoms with van der Waals surface area (Å²) in [7, 11) is 0. The Bertz CT molecular complexity index is 2080. The van der Waals surface area contributed by atoms with Crippen molar-refractivity contribution in [2.45, 2.75) is 0 Å². The number of aromatic nitrogens is 1. The number of fused-ring (bicyclic) bond motifs is 10. The topological polar surface area (TPSA) is 4.93 Å². The molecule has 0 aliphatic heterocycles. The van der Waals surface area contributed by atoms with E-state index in [4.69, 9.17) is 0 Å². The van der Waals surface area contributed by atoms with Crippen molar-refractivity contribution in [3.8, 4) is 16.8 Å². The Morgan fingerprint density at radius 3 is 1.86 bits per heavy atom. The van der Waals surface area contributed by atoms with Crippen molar-refractivity contribution in [3.63, 3.8) is 0 Å². The van der Waals surface area contributed by atoms with Gasteiger partial charge in [-0.25, -0.2) is 0 Å². The molecule has 168 valence electrons. The second-order valence-electron chi connectivity index (χ2n) is 9.36. The van der Waals surface area contributed by atoms with E-state index >= 15 is 0 Å². The Labute approximate surface area is 212 Å². The third-order valence-corrected chi connectivity index (χ3v) is 8.35. The lowest BCUT2D eigenvalue weighted by atomic mass is 9.96. The molecule has 2 aromatic heterocycles. The molecular formula is C34H21NS. The summed E-state index contributed by atoms with van der Waals surface area (Å²) < 4.78 is 3.81. The van der Waals surface area contributed by atoms with Crippen molar-refractivity contribution in [2.75, 3.05) is 0 Å². The number of hydrogen-bond donors (Lipinski definition) is 0. The Morgan fingerprint density at radius 2 is 1.08 bits per heavy atom. The molecular weight excluding hydrogens is 454 g/mol. The molecule has 0 aliphatic rings. The van der Waals surface area contributed by atoms with Gasteiger partial charge in [-0.2, -0.15) is 0 Å². The second-order valence-corrected chi connectivity index (χ2v) is 10.3. The van der Waals surface area contributed by atoms with E-state index in [0.717, 1.165) is 0 Å². The van der Waals surface area contributed by atoms with Crippen LogP contribution in [0.25, 0.3) is 70.3 Å². The van der Waals surface area contributed by atoms with Crippen LogP contribution in [0.1, 0.15) is 0 Å². The van der Waals surface area contributed by atoms with Gasteiger partial charge in [0.15, 0.2) is 0 Å². The molecule has 0 saturated carbocycles. The zero-order chi connectivity index (χ0) is 23.6. The lowest BCUT2D eigenvalue weighted by molar-refractivity contribution is 1.19. The molecule has 0 aliphatic carbocycles. The zero-order valence-corrected chi connectivity index (χ0v) is 20.3. The van der Waals surface area contributed by atoms with Crippen LogP contribution in [-0.4, -0.2) is 4.57 Å². The summed E-state index contributed by atoms with van der Waals surface area (Å²) in [6.45, 7) is 0. The van der Waals surface area contributed by atoms with Crippen LogP contribution < -0.4 is 0 Å². The minimum absolute atomic E-state index is 1.18. The molecule has 0 spiro atoms. The van der Waals surface area contributed by atoms with E-state index in [1.54, 1.807) is 0 Å². The number of hydrogen-bond acceptors (Lipinski definition) is 1. The maximum atomic E-state index is 2.48. The highest BCUT2D eigenvalue weighted by Gasteiger charge is 2.20. The molecule has 0 N–H and O–H groups in total. The fraction of sp³-hybridized carbons (Fsp3) is 0. The number of nitrogens with zero attached hydrogens (tertiary/aromatic N) is 1. The molecule has 2 heteroatoms. The van der Waals surface area contributed by atoms with E-state index in [2.05, 4.69) is 131 Å². The van der Waals surface area contributed by atoms with Gasteiger partial charge >= 0.3 is 0 Å². The van der Waals surface area contributed by atoms with Crippen molar-refractivity contribution >= 4 is 64.8 Å². The number of rotatable bonds is 2. The number of thiophene rings is 1. The monoisotopic (exact) mass is 475 g/mol. The van der Waals surface area contributed by atoms with E-state index in [1.165, 1.54) is 70.3 Å². The van der Waals surface area contributed by atoms with Gasteiger partial charge in [-0.1, -0.05) is 91.0 Å². The summed E-state index contributed by atoms with van der Waals surface area (Å²) in [4.78, 5) is 0. The molecule has 8 aromatic rings. The van der Waals surface area contributed by atoms with E-state index in [0.29, 0.717) is 0 Å². The quantitative estimate of drug-likeness (QED) is 0.219. The summed E-state index contributed by atoms with van der Waals surface area (Å²) in [5.41, 5.74) is 6.19. The van der Waals surface area contributed by atoms with Gasteiger partial charge in [-0.05, 0) is 63.0 Å². The van der Waals surface area contributed by atoms with Crippen molar-refractivity contribution in [2.24, 2.45) is 0 Å². The first kappa shape index (κ1) is 19.9. The van der Waals surface area contributed by atoms with Crippen LogP contribution >= 0.6 is 11.3 Å². The van der Waals surface area contributed by atoms with E-state index < -0.39 is 0 Å². The maximum Gasteiger partial charge on any atom is 0.0626 e. The summed E-state index contributed by atoms with van der Waals surface area (Å²) in [5, 5.41) is 11.5. The van der Waals surface area contributed by atoms with Crippen molar-refractivity contribution < 1.29 is 0 Å². The molecule has 0 atom stereocenters. The fourth-order valence-electron chi connectivity index (χ4n) is 5.91. The standard InChI is InChI=1S/C34H21NS/c1-2-8-22(9-3-1)23-14-16-24(17-15-23)35-30-18-19-31-29(20-21-36-31)32(30)33-27-12-6-4-10-25(27)26-11-5-7-13-28(26)34(33)35/h1-21H. The average Bonchev–Trinajstić information content (AvgIpc) is 3.57. The summed E-state index contributed by atoms with van der Waals surface area (Å²) >= 11 is 1.82. The van der Waals surface area contributed by atoms with Crippen molar-refractivity contribution in [1.29, 1.82) is 0 Å². The first-order valence-corrected chi connectivity index (χ1v) is 13.2. The predicted octanol–water partition coefficient (Wildman–Crippen LogP) is 9.97. The molecule has 1 nitrogen and oxygen atoms in total. The maximum absolute atomic E-state index is 2.48. The van der Waals surface area contributed by atoms with Crippen LogP contribution in [0.15, 0.2) is 127 Å². The minimum atomic E-state index is 1.18. The van der Waals surface area contributed by atoms with Crippen LogP contribution in [0, 0.1) is 0 Å². The molecule has 0 saturated heterocycles. The van der Waals surface area contributed by atoms with E-state index in [1.807, 2.05) is 11.3 Å². The van der Waals surface area contributed by atoms with Crippen LogP contribution in [0.3, 0.4) is 0 Å². The van der Waals surface area contributed by atoms with Crippen LogP contribution in [-0.2, 0) is 0 Å². The normalized spacial score (nSPS) is 11.9. The molecule has 0 bridgehead atoms. The second kappa shape index (κ2) is 7.55. The smallest absolute Gasteiger partial charge is 0.0626 e. The van der Waals surface area contributed by atoms with Crippen LogP contribution in [0.4, 0.5) is 0 Å². The highest BCUT2D eigenvalue weighted by atomic mass is 32.1. The molecule has 0 amide bonds. The zero-order valence-electron chi connectivity index (χ0n) is 19.5. The molecule has 36 heavy (non-hydrogen) atoms. The van der Waals surface area contributed by atoms with Gasteiger partial charge in [0.25, 0.3) is 0 Å². The molecule has 0 unspecified atom stereocenters. The third-order valence-electron chi connectivity index (χ3n) is 7.47. The lowest BCUT2D eigenvalue weighted by Gasteiger charge is -2.12.